The van der Waals surface area contributed by atoms with Gasteiger partial charge < -0.3 is 14.5 Å². The molecular formula is C22H19N3O4. The van der Waals surface area contributed by atoms with Crippen molar-refractivity contribution in [3.05, 3.63) is 84.1 Å². The first-order valence-electron chi connectivity index (χ1n) is 9.12. The third-order valence-electron chi connectivity index (χ3n) is 4.45. The topological polar surface area (TPSA) is 86.4 Å². The fraction of sp³-hybridized carbons (Fsp3) is 0.136. The van der Waals surface area contributed by atoms with Gasteiger partial charge in [-0.2, -0.15) is 0 Å². The van der Waals surface area contributed by atoms with Crippen molar-refractivity contribution < 1.29 is 18.7 Å². The summed E-state index contributed by atoms with van der Waals surface area (Å²) in [5.74, 6) is 0.459. The van der Waals surface area contributed by atoms with Crippen LogP contribution in [0.1, 0.15) is 21.9 Å². The monoisotopic (exact) mass is 389 g/mol. The Morgan fingerprint density at radius 3 is 2.69 bits per heavy atom. The zero-order chi connectivity index (χ0) is 20.2. The van der Waals surface area contributed by atoms with Crippen LogP contribution in [0.4, 0.5) is 0 Å². The summed E-state index contributed by atoms with van der Waals surface area (Å²) >= 11 is 0. The van der Waals surface area contributed by atoms with E-state index in [9.17, 15) is 9.59 Å². The van der Waals surface area contributed by atoms with Gasteiger partial charge in [0.15, 0.2) is 6.61 Å². The minimum Gasteiger partial charge on any atom is -0.467 e. The number of amides is 1. The first-order valence-corrected chi connectivity index (χ1v) is 9.12. The number of fused-ring (bicyclic) bond motifs is 1. The number of nitrogens with zero attached hydrogens (tertiary/aromatic N) is 2. The fourth-order valence-electron chi connectivity index (χ4n) is 3.09. The van der Waals surface area contributed by atoms with E-state index in [1.165, 1.54) is 6.26 Å². The molecule has 0 aliphatic carbocycles. The highest BCUT2D eigenvalue weighted by Gasteiger charge is 2.14. The lowest BCUT2D eigenvalue weighted by Gasteiger charge is -2.07. The van der Waals surface area contributed by atoms with Crippen molar-refractivity contribution in [1.29, 1.82) is 0 Å². The molecule has 4 aromatic rings. The van der Waals surface area contributed by atoms with E-state index in [1.54, 1.807) is 24.3 Å². The summed E-state index contributed by atoms with van der Waals surface area (Å²) in [5.41, 5.74) is 2.91. The third-order valence-corrected chi connectivity index (χ3v) is 4.45. The lowest BCUT2D eigenvalue weighted by molar-refractivity contribution is -0.124. The number of furan rings is 1. The van der Waals surface area contributed by atoms with Gasteiger partial charge in [-0.1, -0.05) is 18.2 Å². The zero-order valence-electron chi connectivity index (χ0n) is 15.8. The van der Waals surface area contributed by atoms with Crippen LogP contribution in [0.5, 0.6) is 0 Å². The van der Waals surface area contributed by atoms with Crippen LogP contribution in [0.3, 0.4) is 0 Å². The predicted molar refractivity (Wildman–Crippen MR) is 107 cm³/mol. The average molecular weight is 389 g/mol. The van der Waals surface area contributed by atoms with Gasteiger partial charge in [-0.25, -0.2) is 9.78 Å². The number of hydrogen-bond donors (Lipinski definition) is 1. The molecule has 29 heavy (non-hydrogen) atoms. The van der Waals surface area contributed by atoms with E-state index in [0.29, 0.717) is 16.8 Å². The van der Waals surface area contributed by atoms with Crippen molar-refractivity contribution in [1.82, 2.24) is 14.9 Å². The Bertz CT molecular complexity index is 1150. The maximum absolute atomic E-state index is 12.3. The Morgan fingerprint density at radius 1 is 1.10 bits per heavy atom. The van der Waals surface area contributed by atoms with Gasteiger partial charge >= 0.3 is 5.97 Å². The van der Waals surface area contributed by atoms with Crippen molar-refractivity contribution in [2.24, 2.45) is 0 Å². The number of aromatic nitrogens is 2. The maximum atomic E-state index is 12.3. The molecule has 7 heteroatoms. The number of esters is 1. The van der Waals surface area contributed by atoms with Crippen LogP contribution in [0.2, 0.25) is 0 Å². The fourth-order valence-corrected chi connectivity index (χ4v) is 3.09. The molecule has 2 aromatic carbocycles. The van der Waals surface area contributed by atoms with Gasteiger partial charge in [-0.3, -0.25) is 9.36 Å². The Morgan fingerprint density at radius 2 is 1.93 bits per heavy atom. The third kappa shape index (κ3) is 4.03. The molecule has 0 fully saturated rings. The summed E-state index contributed by atoms with van der Waals surface area (Å²) in [7, 11) is 0. The smallest absolute Gasteiger partial charge is 0.338 e. The van der Waals surface area contributed by atoms with Crippen LogP contribution in [0, 0.1) is 6.92 Å². The van der Waals surface area contributed by atoms with Crippen LogP contribution in [0.15, 0.2) is 71.3 Å². The number of hydrogen-bond acceptors (Lipinski definition) is 5. The quantitative estimate of drug-likeness (QED) is 0.511. The zero-order valence-corrected chi connectivity index (χ0v) is 15.8. The van der Waals surface area contributed by atoms with E-state index in [2.05, 4.69) is 10.3 Å². The molecule has 0 aliphatic rings. The second-order valence-electron chi connectivity index (χ2n) is 6.47. The number of carbonyl (C=O) groups is 2. The number of benzene rings is 2. The van der Waals surface area contributed by atoms with Crippen LogP contribution >= 0.6 is 0 Å². The number of imidazole rings is 1. The molecule has 2 aromatic heterocycles. The molecule has 0 atom stereocenters. The first-order chi connectivity index (χ1) is 14.1. The highest BCUT2D eigenvalue weighted by atomic mass is 16.5. The number of aryl methyl sites for hydroxylation is 1. The minimum atomic E-state index is -0.577. The molecular weight excluding hydrogens is 370 g/mol. The van der Waals surface area contributed by atoms with E-state index in [4.69, 9.17) is 9.15 Å². The molecule has 0 radical (unpaired) electrons. The summed E-state index contributed by atoms with van der Waals surface area (Å²) in [5, 5.41) is 2.62. The van der Waals surface area contributed by atoms with Gasteiger partial charge in [0.1, 0.15) is 11.6 Å². The lowest BCUT2D eigenvalue weighted by atomic mass is 10.2. The molecule has 7 nitrogen and oxygen atoms in total. The second kappa shape index (κ2) is 8.02. The summed E-state index contributed by atoms with van der Waals surface area (Å²) in [6, 6.07) is 18.5. The Balaban J connectivity index is 1.44. The molecule has 0 spiro atoms. The van der Waals surface area contributed by atoms with E-state index in [0.717, 1.165) is 17.0 Å². The normalized spacial score (nSPS) is 10.8. The van der Waals surface area contributed by atoms with Crippen molar-refractivity contribution >= 4 is 22.9 Å². The van der Waals surface area contributed by atoms with Crippen molar-refractivity contribution in [3.63, 3.8) is 0 Å². The Labute approximate surface area is 166 Å². The summed E-state index contributed by atoms with van der Waals surface area (Å²) in [4.78, 5) is 28.7. The van der Waals surface area contributed by atoms with E-state index in [-0.39, 0.29) is 13.2 Å². The number of nitrogens with one attached hydrogen (secondary N) is 1. The molecule has 2 heterocycles. The van der Waals surface area contributed by atoms with E-state index < -0.39 is 11.9 Å². The van der Waals surface area contributed by atoms with Crippen LogP contribution in [0.25, 0.3) is 16.7 Å². The molecule has 0 bridgehead atoms. The highest BCUT2D eigenvalue weighted by Crippen LogP contribution is 2.22. The standard InChI is InChI=1S/C22H19N3O4/c1-15-24-19-12-16(9-10-20(19)25(15)17-6-3-2-4-7-17)22(27)29-14-21(26)23-13-18-8-5-11-28-18/h2-12H,13-14H2,1H3,(H,23,26). The van der Waals surface area contributed by atoms with E-state index in [1.807, 2.05) is 47.9 Å². The molecule has 0 aliphatic heterocycles. The van der Waals surface area contributed by atoms with Crippen LogP contribution < -0.4 is 5.32 Å². The van der Waals surface area contributed by atoms with Crippen LogP contribution in [-0.2, 0) is 16.1 Å². The molecule has 0 saturated carbocycles. The molecule has 1 amide bonds. The summed E-state index contributed by atoms with van der Waals surface area (Å²) in [6.07, 6.45) is 1.53. The number of para-hydroxylation sites is 1. The van der Waals surface area contributed by atoms with Crippen LogP contribution in [-0.4, -0.2) is 28.0 Å². The largest absolute Gasteiger partial charge is 0.467 e. The lowest BCUT2D eigenvalue weighted by Crippen LogP contribution is -2.28. The van der Waals surface area contributed by atoms with Gasteiger partial charge in [0.25, 0.3) is 5.91 Å². The Kier molecular flexibility index (Phi) is 5.11. The van der Waals surface area contributed by atoms with E-state index >= 15 is 0 Å². The first kappa shape index (κ1) is 18.5. The van der Waals surface area contributed by atoms with Crippen molar-refractivity contribution in [2.45, 2.75) is 13.5 Å². The minimum absolute atomic E-state index is 0.242. The van der Waals surface area contributed by atoms with Gasteiger partial charge in [0, 0.05) is 5.69 Å². The summed E-state index contributed by atoms with van der Waals surface area (Å²) in [6.45, 7) is 1.79. The molecule has 0 unspecified atom stereocenters. The second-order valence-corrected chi connectivity index (χ2v) is 6.47. The molecule has 4 rings (SSSR count). The van der Waals surface area contributed by atoms with Gasteiger partial charge in [-0.15, -0.1) is 0 Å². The average Bonchev–Trinajstić information content (AvgIpc) is 3.37. The van der Waals surface area contributed by atoms with Gasteiger partial charge in [0.05, 0.1) is 29.4 Å². The SMILES string of the molecule is Cc1nc2cc(C(=O)OCC(=O)NCc3ccco3)ccc2n1-c1ccccc1. The van der Waals surface area contributed by atoms with Gasteiger partial charge in [-0.05, 0) is 49.4 Å². The highest BCUT2D eigenvalue weighted by molar-refractivity contribution is 5.95. The number of rotatable bonds is 6. The number of ether oxygens (including phenoxy) is 1. The number of carbonyl (C=O) groups excluding carboxylic acids is 2. The van der Waals surface area contributed by atoms with Gasteiger partial charge in [0.2, 0.25) is 0 Å². The maximum Gasteiger partial charge on any atom is 0.338 e. The van der Waals surface area contributed by atoms with Crippen molar-refractivity contribution in [2.75, 3.05) is 6.61 Å². The predicted octanol–water partition coefficient (Wildman–Crippen LogP) is 3.40. The van der Waals surface area contributed by atoms with Crippen molar-refractivity contribution in [3.8, 4) is 5.69 Å². The Hall–Kier alpha value is -3.87. The summed E-state index contributed by atoms with van der Waals surface area (Å²) < 4.78 is 12.3. The molecule has 146 valence electrons. The molecule has 0 saturated heterocycles. The molecule has 1 N–H and O–H groups in total.